The highest BCUT2D eigenvalue weighted by molar-refractivity contribution is 5.95. The number of nitrogens with zero attached hydrogens (tertiary/aromatic N) is 2. The lowest BCUT2D eigenvalue weighted by Crippen LogP contribution is -2.17. The zero-order valence-corrected chi connectivity index (χ0v) is 12.8. The Morgan fingerprint density at radius 1 is 1.33 bits per heavy atom. The molecule has 0 aromatic heterocycles. The molecule has 8 nitrogen and oxygen atoms in total. The van der Waals surface area contributed by atoms with Crippen LogP contribution in [-0.2, 0) is 0 Å². The number of ether oxygens (including phenoxy) is 1. The number of carbonyl (C=O) groups excluding carboxylic acids is 1. The molecule has 0 aliphatic rings. The summed E-state index contributed by atoms with van der Waals surface area (Å²) in [5.41, 5.74) is 3.10. The van der Waals surface area contributed by atoms with Gasteiger partial charge in [-0.15, -0.1) is 0 Å². The van der Waals surface area contributed by atoms with E-state index in [1.54, 1.807) is 19.1 Å². The van der Waals surface area contributed by atoms with Crippen molar-refractivity contribution >= 4 is 17.8 Å². The van der Waals surface area contributed by atoms with Crippen LogP contribution in [0.1, 0.15) is 22.8 Å². The average molecular weight is 329 g/mol. The van der Waals surface area contributed by atoms with Gasteiger partial charge < -0.3 is 9.84 Å². The quantitative estimate of drug-likeness (QED) is 0.480. The second kappa shape index (κ2) is 7.73. The summed E-state index contributed by atoms with van der Waals surface area (Å²) in [5.74, 6) is -0.156. The molecule has 2 N–H and O–H groups in total. The van der Waals surface area contributed by atoms with Gasteiger partial charge in [0.2, 0.25) is 0 Å². The Hall–Kier alpha value is -3.42. The van der Waals surface area contributed by atoms with Crippen LogP contribution in [0, 0.1) is 10.1 Å². The number of amides is 1. The van der Waals surface area contributed by atoms with E-state index in [0.717, 1.165) is 0 Å². The summed E-state index contributed by atoms with van der Waals surface area (Å²) in [5, 5.41) is 24.0. The Labute approximate surface area is 137 Å². The van der Waals surface area contributed by atoms with Gasteiger partial charge in [0.1, 0.15) is 0 Å². The molecule has 2 aromatic rings. The van der Waals surface area contributed by atoms with Crippen LogP contribution in [0.3, 0.4) is 0 Å². The van der Waals surface area contributed by atoms with E-state index in [4.69, 9.17) is 4.74 Å². The molecule has 8 heteroatoms. The van der Waals surface area contributed by atoms with Gasteiger partial charge in [-0.3, -0.25) is 14.9 Å². The number of nitrogens with one attached hydrogen (secondary N) is 1. The molecule has 0 saturated heterocycles. The zero-order valence-electron chi connectivity index (χ0n) is 12.8. The van der Waals surface area contributed by atoms with E-state index in [2.05, 4.69) is 10.5 Å². The molecule has 0 saturated carbocycles. The van der Waals surface area contributed by atoms with Crippen molar-refractivity contribution in [1.82, 2.24) is 5.43 Å². The van der Waals surface area contributed by atoms with Gasteiger partial charge in [-0.25, -0.2) is 5.43 Å². The first-order chi connectivity index (χ1) is 11.5. The van der Waals surface area contributed by atoms with Crippen LogP contribution >= 0.6 is 0 Å². The zero-order chi connectivity index (χ0) is 17.5. The number of non-ortho nitro benzene ring substituents is 1. The Morgan fingerprint density at radius 3 is 2.67 bits per heavy atom. The van der Waals surface area contributed by atoms with E-state index in [9.17, 15) is 20.0 Å². The maximum atomic E-state index is 11.9. The van der Waals surface area contributed by atoms with Gasteiger partial charge in [-0.1, -0.05) is 0 Å². The molecule has 124 valence electrons. The SMILES string of the molecule is CCOc1cc(C=NNC(=O)c2ccc([N+](=O)[O-])cc2)ccc1O. The molecule has 0 aliphatic heterocycles. The topological polar surface area (TPSA) is 114 Å². The molecule has 0 atom stereocenters. The first kappa shape index (κ1) is 16.9. The molecule has 0 bridgehead atoms. The van der Waals surface area contributed by atoms with E-state index in [0.29, 0.717) is 17.9 Å². The first-order valence-electron chi connectivity index (χ1n) is 7.05. The highest BCUT2D eigenvalue weighted by atomic mass is 16.6. The lowest BCUT2D eigenvalue weighted by atomic mass is 10.2. The third-order valence-corrected chi connectivity index (χ3v) is 3.00. The minimum atomic E-state index is -0.541. The number of phenols is 1. The maximum absolute atomic E-state index is 11.9. The Bertz CT molecular complexity index is 772. The van der Waals surface area contributed by atoms with Gasteiger partial charge >= 0.3 is 0 Å². The van der Waals surface area contributed by atoms with Gasteiger partial charge in [0, 0.05) is 17.7 Å². The van der Waals surface area contributed by atoms with E-state index < -0.39 is 10.8 Å². The second-order valence-corrected chi connectivity index (χ2v) is 4.66. The van der Waals surface area contributed by atoms with Crippen molar-refractivity contribution in [2.24, 2.45) is 5.10 Å². The number of hydrogen-bond donors (Lipinski definition) is 2. The fourth-order valence-electron chi connectivity index (χ4n) is 1.85. The Morgan fingerprint density at radius 2 is 2.04 bits per heavy atom. The van der Waals surface area contributed by atoms with Crippen LogP contribution in [0.2, 0.25) is 0 Å². The number of hydrogen-bond acceptors (Lipinski definition) is 6. The smallest absolute Gasteiger partial charge is 0.271 e. The van der Waals surface area contributed by atoms with Crippen LogP contribution < -0.4 is 10.2 Å². The van der Waals surface area contributed by atoms with Crippen molar-refractivity contribution in [2.75, 3.05) is 6.61 Å². The van der Waals surface area contributed by atoms with Crippen LogP contribution in [-0.4, -0.2) is 28.8 Å². The van der Waals surface area contributed by atoms with Crippen molar-refractivity contribution in [2.45, 2.75) is 6.92 Å². The largest absolute Gasteiger partial charge is 0.504 e. The molecule has 0 aliphatic carbocycles. The fourth-order valence-corrected chi connectivity index (χ4v) is 1.85. The van der Waals surface area contributed by atoms with Crippen molar-refractivity contribution in [3.05, 3.63) is 63.7 Å². The molecule has 0 heterocycles. The summed E-state index contributed by atoms with van der Waals surface area (Å²) in [6.45, 7) is 2.20. The fraction of sp³-hybridized carbons (Fsp3) is 0.125. The van der Waals surface area contributed by atoms with Crippen molar-refractivity contribution in [1.29, 1.82) is 0 Å². The highest BCUT2D eigenvalue weighted by Crippen LogP contribution is 2.26. The first-order valence-corrected chi connectivity index (χ1v) is 7.05. The normalized spacial score (nSPS) is 10.5. The van der Waals surface area contributed by atoms with Gasteiger partial charge in [0.05, 0.1) is 17.7 Å². The van der Waals surface area contributed by atoms with Gasteiger partial charge in [-0.2, -0.15) is 5.10 Å². The van der Waals surface area contributed by atoms with Crippen LogP contribution in [0.15, 0.2) is 47.6 Å². The van der Waals surface area contributed by atoms with Crippen LogP contribution in [0.4, 0.5) is 5.69 Å². The summed E-state index contributed by atoms with van der Waals surface area (Å²) in [4.78, 5) is 21.9. The molecule has 2 aromatic carbocycles. The summed E-state index contributed by atoms with van der Waals surface area (Å²) < 4.78 is 5.25. The van der Waals surface area contributed by atoms with Crippen LogP contribution in [0.25, 0.3) is 0 Å². The third kappa shape index (κ3) is 4.29. The number of benzene rings is 2. The van der Waals surface area contributed by atoms with Gasteiger partial charge in [-0.05, 0) is 42.8 Å². The minimum Gasteiger partial charge on any atom is -0.504 e. The van der Waals surface area contributed by atoms with E-state index >= 15 is 0 Å². The summed E-state index contributed by atoms with van der Waals surface area (Å²) >= 11 is 0. The van der Waals surface area contributed by atoms with Crippen LogP contribution in [0.5, 0.6) is 11.5 Å². The lowest BCUT2D eigenvalue weighted by molar-refractivity contribution is -0.384. The molecule has 0 unspecified atom stereocenters. The predicted molar refractivity (Wildman–Crippen MR) is 87.4 cm³/mol. The predicted octanol–water partition coefficient (Wildman–Crippen LogP) is 2.46. The third-order valence-electron chi connectivity index (χ3n) is 3.00. The molecule has 0 spiro atoms. The maximum Gasteiger partial charge on any atom is 0.271 e. The number of nitro benzene ring substituents is 1. The Balaban J connectivity index is 2.01. The van der Waals surface area contributed by atoms with Crippen molar-refractivity contribution in [3.8, 4) is 11.5 Å². The minimum absolute atomic E-state index is 0.0175. The number of hydrazone groups is 1. The van der Waals surface area contributed by atoms with E-state index in [1.165, 1.54) is 36.5 Å². The lowest BCUT2D eigenvalue weighted by Gasteiger charge is -2.06. The molecule has 0 radical (unpaired) electrons. The highest BCUT2D eigenvalue weighted by Gasteiger charge is 2.08. The molecular weight excluding hydrogens is 314 g/mol. The van der Waals surface area contributed by atoms with Crippen molar-refractivity contribution in [3.63, 3.8) is 0 Å². The number of aromatic hydroxyl groups is 1. The summed E-state index contributed by atoms with van der Waals surface area (Å²) in [6.07, 6.45) is 1.39. The summed E-state index contributed by atoms with van der Waals surface area (Å²) in [7, 11) is 0. The van der Waals surface area contributed by atoms with E-state index in [-0.39, 0.29) is 17.0 Å². The average Bonchev–Trinajstić information content (AvgIpc) is 2.58. The number of carbonyl (C=O) groups is 1. The summed E-state index contributed by atoms with van der Waals surface area (Å²) in [6, 6.07) is 9.83. The standard InChI is InChI=1S/C16H15N3O5/c1-2-24-15-9-11(3-8-14(15)20)10-17-18-16(21)12-4-6-13(7-5-12)19(22)23/h3-10,20H,2H2,1H3,(H,18,21). The van der Waals surface area contributed by atoms with Gasteiger partial charge in [0.15, 0.2) is 11.5 Å². The number of rotatable bonds is 6. The molecule has 0 fully saturated rings. The monoisotopic (exact) mass is 329 g/mol. The molecular formula is C16H15N3O5. The molecule has 1 amide bonds. The Kier molecular flexibility index (Phi) is 5.45. The number of phenolic OH excluding ortho intramolecular Hbond substituents is 1. The molecule has 24 heavy (non-hydrogen) atoms. The second-order valence-electron chi connectivity index (χ2n) is 4.66. The van der Waals surface area contributed by atoms with Crippen molar-refractivity contribution < 1.29 is 19.6 Å². The van der Waals surface area contributed by atoms with Gasteiger partial charge in [0.25, 0.3) is 11.6 Å². The molecule has 2 rings (SSSR count). The number of nitro groups is 1. The van der Waals surface area contributed by atoms with E-state index in [1.807, 2.05) is 0 Å².